The van der Waals surface area contributed by atoms with Crippen LogP contribution in [0.2, 0.25) is 0 Å². The number of carbonyl (C=O) groups excluding carboxylic acids is 1. The number of aromatic amines is 1. The van der Waals surface area contributed by atoms with E-state index in [2.05, 4.69) is 62.3 Å². The predicted octanol–water partition coefficient (Wildman–Crippen LogP) is 2.90. The van der Waals surface area contributed by atoms with Gasteiger partial charge in [0.25, 0.3) is 0 Å². The lowest BCUT2D eigenvalue weighted by atomic mass is 9.76. The molecule has 0 radical (unpaired) electrons. The van der Waals surface area contributed by atoms with Crippen LogP contribution < -0.4 is 5.32 Å². The van der Waals surface area contributed by atoms with Gasteiger partial charge < -0.3 is 15.2 Å². The van der Waals surface area contributed by atoms with Crippen LogP contribution >= 0.6 is 0 Å². The highest BCUT2D eigenvalue weighted by molar-refractivity contribution is 5.74. The summed E-state index contributed by atoms with van der Waals surface area (Å²) in [5, 5.41) is 3.06. The van der Waals surface area contributed by atoms with Gasteiger partial charge in [0, 0.05) is 50.5 Å². The zero-order valence-electron chi connectivity index (χ0n) is 16.7. The maximum atomic E-state index is 12.6. The van der Waals surface area contributed by atoms with Crippen molar-refractivity contribution in [2.24, 2.45) is 11.3 Å². The minimum Gasteiger partial charge on any atom is -0.348 e. The van der Waals surface area contributed by atoms with Crippen molar-refractivity contribution >= 4 is 6.03 Å². The molecule has 2 amide bonds. The molecule has 2 N–H and O–H groups in total. The molecule has 6 nitrogen and oxygen atoms in total. The summed E-state index contributed by atoms with van der Waals surface area (Å²) < 4.78 is 0. The zero-order valence-corrected chi connectivity index (χ0v) is 16.7. The van der Waals surface area contributed by atoms with Gasteiger partial charge in [0.2, 0.25) is 0 Å². The van der Waals surface area contributed by atoms with Gasteiger partial charge in [-0.1, -0.05) is 37.3 Å². The van der Waals surface area contributed by atoms with Crippen molar-refractivity contribution in [3.8, 4) is 0 Å². The predicted molar refractivity (Wildman–Crippen MR) is 110 cm³/mol. The van der Waals surface area contributed by atoms with E-state index in [1.54, 1.807) is 0 Å². The summed E-state index contributed by atoms with van der Waals surface area (Å²) in [5.41, 5.74) is 1.56. The molecule has 28 heavy (non-hydrogen) atoms. The molecular formula is C22H31N5O. The number of likely N-dealkylation sites (tertiary alicyclic amines) is 2. The number of nitrogens with zero attached hydrogens (tertiary/aromatic N) is 3. The Hall–Kier alpha value is -2.34. The number of hydrogen-bond donors (Lipinski definition) is 2. The first kappa shape index (κ1) is 19.0. The van der Waals surface area contributed by atoms with Gasteiger partial charge in [-0.05, 0) is 30.7 Å². The molecule has 2 fully saturated rings. The summed E-state index contributed by atoms with van der Waals surface area (Å²) in [6, 6.07) is 10.8. The van der Waals surface area contributed by atoms with Gasteiger partial charge in [-0.2, -0.15) is 0 Å². The lowest BCUT2D eigenvalue weighted by Gasteiger charge is -2.29. The van der Waals surface area contributed by atoms with E-state index in [1.165, 1.54) is 5.56 Å². The number of fused-ring (bicyclic) bond motifs is 1. The number of rotatable bonds is 7. The van der Waals surface area contributed by atoms with E-state index in [-0.39, 0.29) is 11.4 Å². The summed E-state index contributed by atoms with van der Waals surface area (Å²) in [5.74, 6) is 1.55. The van der Waals surface area contributed by atoms with Crippen molar-refractivity contribution in [2.75, 3.05) is 32.7 Å². The summed E-state index contributed by atoms with van der Waals surface area (Å²) in [6.45, 7) is 7.48. The molecule has 3 heterocycles. The fraction of sp³-hybridized carbons (Fsp3) is 0.545. The summed E-state index contributed by atoms with van der Waals surface area (Å²) in [4.78, 5) is 24.8. The smallest absolute Gasteiger partial charge is 0.317 e. The fourth-order valence-electron chi connectivity index (χ4n) is 4.90. The van der Waals surface area contributed by atoms with Gasteiger partial charge in [0.05, 0.1) is 6.54 Å². The van der Waals surface area contributed by atoms with Gasteiger partial charge in [-0.3, -0.25) is 4.90 Å². The third kappa shape index (κ3) is 4.07. The van der Waals surface area contributed by atoms with Crippen LogP contribution in [0.15, 0.2) is 42.7 Å². The zero-order chi connectivity index (χ0) is 19.4. The Balaban J connectivity index is 1.46. The van der Waals surface area contributed by atoms with Crippen LogP contribution in [-0.2, 0) is 13.0 Å². The van der Waals surface area contributed by atoms with Crippen LogP contribution in [0.3, 0.4) is 0 Å². The molecule has 0 saturated carbocycles. The van der Waals surface area contributed by atoms with Gasteiger partial charge in [0.15, 0.2) is 0 Å². The van der Waals surface area contributed by atoms with E-state index in [9.17, 15) is 4.79 Å². The monoisotopic (exact) mass is 381 g/mol. The third-order valence-electron chi connectivity index (χ3n) is 6.33. The number of aromatic nitrogens is 2. The molecule has 1 aromatic carbocycles. The SMILES string of the molecule is CCCNC(=O)N1CC2CN(Cc3ncc[nH]3)CC2(CCc2ccccc2)C1. The van der Waals surface area contributed by atoms with Crippen LogP contribution in [-0.4, -0.2) is 58.5 Å². The minimum atomic E-state index is 0.105. The molecule has 0 spiro atoms. The quantitative estimate of drug-likeness (QED) is 0.775. The Morgan fingerprint density at radius 3 is 2.89 bits per heavy atom. The van der Waals surface area contributed by atoms with E-state index in [4.69, 9.17) is 0 Å². The Morgan fingerprint density at radius 1 is 1.29 bits per heavy atom. The van der Waals surface area contributed by atoms with Gasteiger partial charge in [-0.25, -0.2) is 9.78 Å². The van der Waals surface area contributed by atoms with Crippen molar-refractivity contribution in [1.29, 1.82) is 0 Å². The average molecular weight is 382 g/mol. The molecule has 2 atom stereocenters. The van der Waals surface area contributed by atoms with Crippen LogP contribution in [0.1, 0.15) is 31.2 Å². The first-order chi connectivity index (χ1) is 13.7. The second-order valence-electron chi connectivity index (χ2n) is 8.36. The number of benzene rings is 1. The summed E-state index contributed by atoms with van der Waals surface area (Å²) >= 11 is 0. The lowest BCUT2D eigenvalue weighted by Crippen LogP contribution is -2.42. The largest absolute Gasteiger partial charge is 0.348 e. The van der Waals surface area contributed by atoms with E-state index in [0.29, 0.717) is 5.92 Å². The highest BCUT2D eigenvalue weighted by Crippen LogP contribution is 2.46. The number of nitrogens with one attached hydrogen (secondary N) is 2. The first-order valence-electron chi connectivity index (χ1n) is 10.5. The molecule has 0 bridgehead atoms. The third-order valence-corrected chi connectivity index (χ3v) is 6.33. The molecule has 2 aliphatic heterocycles. The molecule has 1 aromatic heterocycles. The average Bonchev–Trinajstić information content (AvgIpc) is 3.40. The molecule has 2 unspecified atom stereocenters. The maximum Gasteiger partial charge on any atom is 0.317 e. The lowest BCUT2D eigenvalue weighted by molar-refractivity contribution is 0.182. The minimum absolute atomic E-state index is 0.105. The van der Waals surface area contributed by atoms with Crippen molar-refractivity contribution < 1.29 is 4.79 Å². The standard InChI is InChI=1S/C22H31N5O/c1-2-10-25-21(28)27-14-19-13-26(15-20-23-11-12-24-20)16-22(19,17-27)9-8-18-6-4-3-5-7-18/h3-7,11-12,19H,2,8-10,13-17H2,1H3,(H,23,24)(H,25,28). The topological polar surface area (TPSA) is 64.3 Å². The Bertz CT molecular complexity index is 762. The number of hydrogen-bond acceptors (Lipinski definition) is 3. The number of carbonyl (C=O) groups is 1. The molecule has 2 aliphatic rings. The molecule has 0 aliphatic carbocycles. The molecule has 2 aromatic rings. The second-order valence-corrected chi connectivity index (χ2v) is 8.36. The van der Waals surface area contributed by atoms with Gasteiger partial charge >= 0.3 is 6.03 Å². The van der Waals surface area contributed by atoms with Gasteiger partial charge in [-0.15, -0.1) is 0 Å². The first-order valence-corrected chi connectivity index (χ1v) is 10.5. The molecule has 150 valence electrons. The number of amides is 2. The highest BCUT2D eigenvalue weighted by atomic mass is 16.2. The summed E-state index contributed by atoms with van der Waals surface area (Å²) in [7, 11) is 0. The Labute approximate surface area is 167 Å². The van der Waals surface area contributed by atoms with Crippen molar-refractivity contribution in [3.05, 3.63) is 54.1 Å². The van der Waals surface area contributed by atoms with Crippen LogP contribution in [0.5, 0.6) is 0 Å². The Morgan fingerprint density at radius 2 is 2.14 bits per heavy atom. The van der Waals surface area contributed by atoms with Gasteiger partial charge in [0.1, 0.15) is 5.82 Å². The molecule has 4 rings (SSSR count). The molecular weight excluding hydrogens is 350 g/mol. The van der Waals surface area contributed by atoms with Crippen LogP contribution in [0.4, 0.5) is 4.79 Å². The summed E-state index contributed by atoms with van der Waals surface area (Å²) in [6.07, 6.45) is 6.86. The van der Waals surface area contributed by atoms with Crippen LogP contribution in [0, 0.1) is 11.3 Å². The van der Waals surface area contributed by atoms with Crippen LogP contribution in [0.25, 0.3) is 0 Å². The van der Waals surface area contributed by atoms with Crippen molar-refractivity contribution in [1.82, 2.24) is 25.1 Å². The molecule has 6 heteroatoms. The van der Waals surface area contributed by atoms with E-state index < -0.39 is 0 Å². The van der Waals surface area contributed by atoms with E-state index >= 15 is 0 Å². The number of imidazole rings is 1. The highest BCUT2D eigenvalue weighted by Gasteiger charge is 2.52. The fourth-order valence-corrected chi connectivity index (χ4v) is 4.90. The maximum absolute atomic E-state index is 12.6. The number of aryl methyl sites for hydroxylation is 1. The number of H-pyrrole nitrogens is 1. The number of urea groups is 1. The van der Waals surface area contributed by atoms with Crippen molar-refractivity contribution in [3.63, 3.8) is 0 Å². The second kappa shape index (κ2) is 8.35. The van der Waals surface area contributed by atoms with E-state index in [0.717, 1.165) is 64.4 Å². The normalized spacial score (nSPS) is 24.5. The Kier molecular flexibility index (Phi) is 5.67. The van der Waals surface area contributed by atoms with E-state index in [1.807, 2.05) is 12.4 Å². The van der Waals surface area contributed by atoms with Crippen molar-refractivity contribution in [2.45, 2.75) is 32.7 Å². The molecule has 2 saturated heterocycles.